The van der Waals surface area contributed by atoms with Crippen LogP contribution in [0.4, 0.5) is 0 Å². The molecule has 1 aromatic heterocycles. The molecule has 3 aliphatic rings. The summed E-state index contributed by atoms with van der Waals surface area (Å²) in [5.41, 5.74) is 2.27. The summed E-state index contributed by atoms with van der Waals surface area (Å²) >= 11 is 0. The summed E-state index contributed by atoms with van der Waals surface area (Å²) in [5, 5.41) is 27.0. The van der Waals surface area contributed by atoms with Crippen LogP contribution < -0.4 is 5.32 Å². The van der Waals surface area contributed by atoms with E-state index in [1.165, 1.54) is 0 Å². The lowest BCUT2D eigenvalue weighted by Gasteiger charge is -2.68. The summed E-state index contributed by atoms with van der Waals surface area (Å²) in [7, 11) is 3.96. The molecule has 2 fully saturated rings. The SMILES string of the molecule is CO[C@@]12CCC(N[C@@H](Cc3c[nH]c4ccccc34)C(=O)OC(C)(C)C)[C@H](C)[C@@]13CCN(C)C2Cc1ccc(O)c(O)c13. The number of piperidine rings is 1. The number of ether oxygens (including phenoxy) is 2. The quantitative estimate of drug-likeness (QED) is 0.247. The lowest BCUT2D eigenvalue weighted by molar-refractivity contribution is -0.202. The highest BCUT2D eigenvalue weighted by atomic mass is 16.6. The second-order valence-electron chi connectivity index (χ2n) is 13.7. The Hall–Kier alpha value is -3.07. The molecule has 8 heteroatoms. The monoisotopic (exact) mass is 575 g/mol. The highest BCUT2D eigenvalue weighted by molar-refractivity contribution is 5.84. The summed E-state index contributed by atoms with van der Waals surface area (Å²) in [6.07, 6.45) is 5.57. The Morgan fingerprint density at radius 1 is 1.19 bits per heavy atom. The number of nitrogens with one attached hydrogen (secondary N) is 2. The molecular formula is C34H45N3O5. The van der Waals surface area contributed by atoms with Crippen LogP contribution in [0.15, 0.2) is 42.6 Å². The molecule has 226 valence electrons. The number of rotatable bonds is 6. The highest BCUT2D eigenvalue weighted by Gasteiger charge is 2.69. The molecule has 2 aliphatic carbocycles. The van der Waals surface area contributed by atoms with E-state index in [4.69, 9.17) is 9.47 Å². The van der Waals surface area contributed by atoms with Gasteiger partial charge in [-0.25, -0.2) is 0 Å². The number of aromatic amines is 1. The van der Waals surface area contributed by atoms with Crippen LogP contribution in [0, 0.1) is 5.92 Å². The molecule has 8 nitrogen and oxygen atoms in total. The van der Waals surface area contributed by atoms with Gasteiger partial charge in [-0.2, -0.15) is 0 Å². The van der Waals surface area contributed by atoms with Crippen molar-refractivity contribution in [3.8, 4) is 11.5 Å². The van der Waals surface area contributed by atoms with E-state index in [9.17, 15) is 15.0 Å². The lowest BCUT2D eigenvalue weighted by atomic mass is 9.45. The van der Waals surface area contributed by atoms with Gasteiger partial charge < -0.3 is 34.9 Å². The van der Waals surface area contributed by atoms with E-state index in [-0.39, 0.29) is 35.5 Å². The third kappa shape index (κ3) is 4.33. The van der Waals surface area contributed by atoms with Gasteiger partial charge in [0.1, 0.15) is 11.6 Å². The molecule has 2 aromatic carbocycles. The molecular weight excluding hydrogens is 530 g/mol. The number of benzene rings is 2. The summed E-state index contributed by atoms with van der Waals surface area (Å²) in [6, 6.07) is 11.2. The van der Waals surface area contributed by atoms with Crippen molar-refractivity contribution in [2.75, 3.05) is 20.7 Å². The van der Waals surface area contributed by atoms with E-state index in [1.807, 2.05) is 51.2 Å². The van der Waals surface area contributed by atoms with Crippen LogP contribution >= 0.6 is 0 Å². The minimum atomic E-state index is -0.619. The predicted molar refractivity (Wildman–Crippen MR) is 163 cm³/mol. The Kier molecular flexibility index (Phi) is 7.10. The zero-order valence-electron chi connectivity index (χ0n) is 25.7. The molecule has 3 aromatic rings. The first kappa shape index (κ1) is 29.0. The molecule has 42 heavy (non-hydrogen) atoms. The van der Waals surface area contributed by atoms with Gasteiger partial charge in [-0.15, -0.1) is 0 Å². The van der Waals surface area contributed by atoms with Gasteiger partial charge in [0.25, 0.3) is 0 Å². The lowest BCUT2D eigenvalue weighted by Crippen LogP contribution is -2.77. The maximum absolute atomic E-state index is 13.8. The number of phenolic OH excluding ortho intramolecular Hbond substituents is 2. The number of hydrogen-bond donors (Lipinski definition) is 4. The van der Waals surface area contributed by atoms with E-state index in [1.54, 1.807) is 13.2 Å². The van der Waals surface area contributed by atoms with Crippen LogP contribution in [0.5, 0.6) is 11.5 Å². The fourth-order valence-electron chi connectivity index (χ4n) is 8.73. The summed E-state index contributed by atoms with van der Waals surface area (Å²) < 4.78 is 12.5. The van der Waals surface area contributed by atoms with E-state index >= 15 is 0 Å². The molecule has 2 unspecified atom stereocenters. The van der Waals surface area contributed by atoms with E-state index in [0.717, 1.165) is 59.8 Å². The van der Waals surface area contributed by atoms with Crippen molar-refractivity contribution < 1.29 is 24.5 Å². The number of likely N-dealkylation sites (N-methyl/N-ethyl adjacent to an activating group) is 1. The topological polar surface area (TPSA) is 107 Å². The standard InChI is InChI=1S/C34H45N3O5/c1-20-24(36-26(31(40)42-32(2,3)4)17-22-19-35-25-10-8-7-9-23(22)25)13-14-34(41-6)28-18-21-11-12-27(38)30(39)29(21)33(20,34)15-16-37(28)5/h7-12,19-20,24,26,28,35-36,38-39H,13-18H2,1-6H3/t20-,24?,26-,28?,33+,34+/m0/s1. The zero-order chi connectivity index (χ0) is 30.0. The van der Waals surface area contributed by atoms with Gasteiger partial charge in [0, 0.05) is 53.7 Å². The van der Waals surface area contributed by atoms with Crippen LogP contribution in [0.2, 0.25) is 0 Å². The van der Waals surface area contributed by atoms with Crippen molar-refractivity contribution in [3.05, 3.63) is 59.3 Å². The number of methoxy groups -OCH3 is 1. The number of aromatic hydroxyl groups is 2. The number of para-hydroxylation sites is 1. The largest absolute Gasteiger partial charge is 0.504 e. The molecule has 4 N–H and O–H groups in total. The fraction of sp³-hybridized carbons (Fsp3) is 0.559. The number of carbonyl (C=O) groups excluding carboxylic acids is 1. The predicted octanol–water partition coefficient (Wildman–Crippen LogP) is 4.80. The van der Waals surface area contributed by atoms with Crippen LogP contribution in [-0.4, -0.2) is 76.1 Å². The van der Waals surface area contributed by atoms with Gasteiger partial charge in [-0.1, -0.05) is 31.2 Å². The second kappa shape index (κ2) is 10.3. The van der Waals surface area contributed by atoms with E-state index in [2.05, 4.69) is 35.2 Å². The van der Waals surface area contributed by atoms with Crippen LogP contribution in [0.1, 0.15) is 63.6 Å². The van der Waals surface area contributed by atoms with Crippen molar-refractivity contribution >= 4 is 16.9 Å². The Bertz CT molecular complexity index is 1490. The summed E-state index contributed by atoms with van der Waals surface area (Å²) in [6.45, 7) is 8.77. The molecule has 6 atom stereocenters. The number of likely N-dealkylation sites (tertiary alicyclic amines) is 1. The second-order valence-corrected chi connectivity index (χ2v) is 13.7. The number of H-pyrrole nitrogens is 1. The third-order valence-corrected chi connectivity index (χ3v) is 10.6. The van der Waals surface area contributed by atoms with Gasteiger partial charge in [0.15, 0.2) is 11.5 Å². The maximum atomic E-state index is 13.8. The minimum Gasteiger partial charge on any atom is -0.504 e. The van der Waals surface area contributed by atoms with Gasteiger partial charge >= 0.3 is 5.97 Å². The Morgan fingerprint density at radius 2 is 1.95 bits per heavy atom. The van der Waals surface area contributed by atoms with Crippen LogP contribution in [-0.2, 0) is 32.5 Å². The van der Waals surface area contributed by atoms with Gasteiger partial charge in [0.2, 0.25) is 0 Å². The first-order valence-electron chi connectivity index (χ1n) is 15.3. The zero-order valence-corrected chi connectivity index (χ0v) is 25.7. The number of aromatic nitrogens is 1. The average Bonchev–Trinajstić information content (AvgIpc) is 3.35. The van der Waals surface area contributed by atoms with E-state index in [0.29, 0.717) is 6.42 Å². The van der Waals surface area contributed by atoms with Crippen LogP contribution in [0.25, 0.3) is 10.9 Å². The first-order valence-corrected chi connectivity index (χ1v) is 15.3. The van der Waals surface area contributed by atoms with Gasteiger partial charge in [-0.05, 0) is 89.2 Å². The summed E-state index contributed by atoms with van der Waals surface area (Å²) in [5.74, 6) is -0.417. The van der Waals surface area contributed by atoms with Crippen molar-refractivity contribution in [1.29, 1.82) is 0 Å². The van der Waals surface area contributed by atoms with Crippen molar-refractivity contribution in [3.63, 3.8) is 0 Å². The van der Waals surface area contributed by atoms with Gasteiger partial charge in [-0.3, -0.25) is 4.79 Å². The molecule has 1 saturated carbocycles. The average molecular weight is 576 g/mol. The molecule has 6 rings (SSSR count). The molecule has 0 radical (unpaired) electrons. The fourth-order valence-corrected chi connectivity index (χ4v) is 8.73. The smallest absolute Gasteiger partial charge is 0.324 e. The molecule has 2 bridgehead atoms. The number of esters is 1. The van der Waals surface area contributed by atoms with Crippen molar-refractivity contribution in [2.45, 2.75) is 94.5 Å². The number of fused-ring (bicyclic) bond motifs is 2. The Morgan fingerprint density at radius 3 is 2.69 bits per heavy atom. The molecule has 1 saturated heterocycles. The number of carbonyl (C=O) groups is 1. The Balaban J connectivity index is 1.41. The number of hydrogen-bond acceptors (Lipinski definition) is 7. The highest BCUT2D eigenvalue weighted by Crippen LogP contribution is 2.64. The first-order chi connectivity index (χ1) is 19.9. The normalized spacial score (nSPS) is 30.0. The molecule has 1 aliphatic heterocycles. The van der Waals surface area contributed by atoms with Crippen LogP contribution in [0.3, 0.4) is 0 Å². The minimum absolute atomic E-state index is 0.0120. The molecule has 0 spiro atoms. The third-order valence-electron chi connectivity index (χ3n) is 10.6. The van der Waals surface area contributed by atoms with Gasteiger partial charge in [0.05, 0.1) is 5.60 Å². The summed E-state index contributed by atoms with van der Waals surface area (Å²) in [4.78, 5) is 19.5. The number of phenols is 2. The number of nitrogens with zero attached hydrogens (tertiary/aromatic N) is 1. The van der Waals surface area contributed by atoms with E-state index < -0.39 is 22.7 Å². The van der Waals surface area contributed by atoms with Crippen molar-refractivity contribution in [1.82, 2.24) is 15.2 Å². The molecule has 0 amide bonds. The Labute approximate surface area is 248 Å². The maximum Gasteiger partial charge on any atom is 0.324 e. The van der Waals surface area contributed by atoms with Crippen molar-refractivity contribution in [2.24, 2.45) is 5.92 Å². The molecule has 2 heterocycles.